The van der Waals surface area contributed by atoms with Gasteiger partial charge in [-0.1, -0.05) is 0 Å². The van der Waals surface area contributed by atoms with Crippen LogP contribution in [0.25, 0.3) is 0 Å². The normalized spacial score (nSPS) is 13.0. The summed E-state index contributed by atoms with van der Waals surface area (Å²) < 4.78 is 14.6. The maximum Gasteiger partial charge on any atom is 0.406 e. The van der Waals surface area contributed by atoms with E-state index < -0.39 is 12.1 Å². The Hall–Kier alpha value is -2.77. The second-order valence-corrected chi connectivity index (χ2v) is 4.88. The molecule has 0 aliphatic carbocycles. The average molecular weight is 322 g/mol. The molecule has 0 radical (unpaired) electrons. The van der Waals surface area contributed by atoms with Gasteiger partial charge in [-0.05, 0) is 24.6 Å². The van der Waals surface area contributed by atoms with E-state index in [2.05, 4.69) is 10.1 Å². The first-order chi connectivity index (χ1) is 11.0. The molecule has 1 aliphatic heterocycles. The summed E-state index contributed by atoms with van der Waals surface area (Å²) in [5, 5.41) is 2.50. The molecule has 8 nitrogen and oxygen atoms in total. The van der Waals surface area contributed by atoms with Gasteiger partial charge in [0.1, 0.15) is 5.75 Å². The molecule has 0 aromatic heterocycles. The Morgan fingerprint density at radius 1 is 1.30 bits per heavy atom. The lowest BCUT2D eigenvalue weighted by Crippen LogP contribution is -2.43. The van der Waals surface area contributed by atoms with Crippen LogP contribution in [-0.4, -0.2) is 51.9 Å². The van der Waals surface area contributed by atoms with Gasteiger partial charge in [0.05, 0.1) is 25.5 Å². The summed E-state index contributed by atoms with van der Waals surface area (Å²) in [5.41, 5.74) is 1.52. The number of carbonyl (C=O) groups is 3. The number of nitrogens with zero attached hydrogens (tertiary/aromatic N) is 1. The van der Waals surface area contributed by atoms with Crippen molar-refractivity contribution in [2.45, 2.75) is 6.92 Å². The molecule has 8 heteroatoms. The zero-order valence-corrected chi connectivity index (χ0v) is 13.2. The lowest BCUT2D eigenvalue weighted by molar-refractivity contribution is -0.121. The van der Waals surface area contributed by atoms with E-state index in [4.69, 9.17) is 9.47 Å². The van der Waals surface area contributed by atoms with Crippen LogP contribution in [0.1, 0.15) is 15.9 Å². The van der Waals surface area contributed by atoms with E-state index in [-0.39, 0.29) is 25.6 Å². The Kier molecular flexibility index (Phi) is 5.05. The first-order valence-corrected chi connectivity index (χ1v) is 6.96. The van der Waals surface area contributed by atoms with Crippen molar-refractivity contribution in [3.05, 3.63) is 23.3 Å². The van der Waals surface area contributed by atoms with Crippen LogP contribution in [-0.2, 0) is 14.3 Å². The van der Waals surface area contributed by atoms with Gasteiger partial charge in [0.2, 0.25) is 0 Å². The third-order valence-corrected chi connectivity index (χ3v) is 3.44. The van der Waals surface area contributed by atoms with Crippen molar-refractivity contribution >= 4 is 23.7 Å². The van der Waals surface area contributed by atoms with Crippen LogP contribution in [0.15, 0.2) is 12.1 Å². The summed E-state index contributed by atoms with van der Waals surface area (Å²) in [6, 6.07) is 3.25. The standard InChI is InChI=1S/C15H18N2O6/c1-9-6-12-11(7-10(9)14(19)21-2)17(13(18)8-23-12)5-4-16-15(20)22-3/h6-7H,4-5,8H2,1-3H3,(H,16,20). The number of fused-ring (bicyclic) bond motifs is 1. The minimum Gasteiger partial charge on any atom is -0.482 e. The fourth-order valence-electron chi connectivity index (χ4n) is 2.27. The van der Waals surface area contributed by atoms with Gasteiger partial charge < -0.3 is 24.4 Å². The van der Waals surface area contributed by atoms with E-state index in [0.717, 1.165) is 0 Å². The average Bonchev–Trinajstić information content (AvgIpc) is 2.55. The molecule has 0 fully saturated rings. The van der Waals surface area contributed by atoms with Gasteiger partial charge in [0.25, 0.3) is 5.91 Å². The maximum absolute atomic E-state index is 12.1. The van der Waals surface area contributed by atoms with Gasteiger partial charge in [-0.25, -0.2) is 9.59 Å². The maximum atomic E-state index is 12.1. The number of methoxy groups -OCH3 is 2. The number of anilines is 1. The van der Waals surface area contributed by atoms with Crippen LogP contribution in [0.4, 0.5) is 10.5 Å². The smallest absolute Gasteiger partial charge is 0.406 e. The van der Waals surface area contributed by atoms with Crippen molar-refractivity contribution in [2.24, 2.45) is 0 Å². The fraction of sp³-hybridized carbons (Fsp3) is 0.400. The van der Waals surface area contributed by atoms with Crippen molar-refractivity contribution in [1.29, 1.82) is 0 Å². The number of esters is 1. The van der Waals surface area contributed by atoms with Gasteiger partial charge in [-0.2, -0.15) is 0 Å². The number of ether oxygens (including phenoxy) is 3. The van der Waals surface area contributed by atoms with Gasteiger partial charge in [-0.15, -0.1) is 0 Å². The zero-order valence-electron chi connectivity index (χ0n) is 13.2. The molecule has 1 aromatic carbocycles. The molecule has 23 heavy (non-hydrogen) atoms. The van der Waals surface area contributed by atoms with Crippen LogP contribution < -0.4 is 15.0 Å². The number of hydrogen-bond acceptors (Lipinski definition) is 6. The summed E-state index contributed by atoms with van der Waals surface area (Å²) in [7, 11) is 2.55. The molecule has 0 saturated carbocycles. The largest absolute Gasteiger partial charge is 0.482 e. The molecule has 0 atom stereocenters. The topological polar surface area (TPSA) is 94.2 Å². The molecular formula is C15H18N2O6. The van der Waals surface area contributed by atoms with Crippen LogP contribution in [0.5, 0.6) is 5.75 Å². The molecule has 1 heterocycles. The Balaban J connectivity index is 2.27. The highest BCUT2D eigenvalue weighted by Gasteiger charge is 2.27. The minimum atomic E-state index is -0.579. The number of benzene rings is 1. The van der Waals surface area contributed by atoms with E-state index in [1.807, 2.05) is 0 Å². The van der Waals surface area contributed by atoms with Gasteiger partial charge in [0.15, 0.2) is 6.61 Å². The molecular weight excluding hydrogens is 304 g/mol. The van der Waals surface area contributed by atoms with E-state index in [0.29, 0.717) is 22.6 Å². The highest BCUT2D eigenvalue weighted by atomic mass is 16.5. The van der Waals surface area contributed by atoms with Gasteiger partial charge in [0, 0.05) is 13.1 Å². The van der Waals surface area contributed by atoms with Gasteiger partial charge in [-0.3, -0.25) is 4.79 Å². The monoisotopic (exact) mass is 322 g/mol. The molecule has 1 aromatic rings. The lowest BCUT2D eigenvalue weighted by Gasteiger charge is -2.30. The predicted octanol–water partition coefficient (Wildman–Crippen LogP) is 0.863. The molecule has 1 N–H and O–H groups in total. The number of nitrogens with one attached hydrogen (secondary N) is 1. The van der Waals surface area contributed by atoms with E-state index in [1.54, 1.807) is 19.1 Å². The fourth-order valence-corrected chi connectivity index (χ4v) is 2.27. The number of rotatable bonds is 4. The van der Waals surface area contributed by atoms with Crippen LogP contribution in [0.2, 0.25) is 0 Å². The number of alkyl carbamates (subject to hydrolysis) is 1. The second-order valence-electron chi connectivity index (χ2n) is 4.88. The minimum absolute atomic E-state index is 0.0950. The first-order valence-electron chi connectivity index (χ1n) is 6.96. The molecule has 2 amide bonds. The van der Waals surface area contributed by atoms with Crippen molar-refractivity contribution in [2.75, 3.05) is 38.8 Å². The van der Waals surface area contributed by atoms with Crippen LogP contribution in [0, 0.1) is 6.92 Å². The Bertz CT molecular complexity index is 643. The van der Waals surface area contributed by atoms with E-state index in [9.17, 15) is 14.4 Å². The van der Waals surface area contributed by atoms with E-state index >= 15 is 0 Å². The number of aryl methyl sites for hydroxylation is 1. The molecule has 2 rings (SSSR count). The van der Waals surface area contributed by atoms with Crippen molar-refractivity contribution in [3.63, 3.8) is 0 Å². The number of hydrogen-bond donors (Lipinski definition) is 1. The van der Waals surface area contributed by atoms with Crippen molar-refractivity contribution in [1.82, 2.24) is 5.32 Å². The summed E-state index contributed by atoms with van der Waals surface area (Å²) in [6.45, 7) is 2.10. The lowest BCUT2D eigenvalue weighted by atomic mass is 10.1. The molecule has 0 bridgehead atoms. The summed E-state index contributed by atoms with van der Waals surface area (Å²) >= 11 is 0. The van der Waals surface area contributed by atoms with Crippen molar-refractivity contribution in [3.8, 4) is 5.75 Å². The van der Waals surface area contributed by atoms with Crippen molar-refractivity contribution < 1.29 is 28.6 Å². The zero-order chi connectivity index (χ0) is 17.0. The van der Waals surface area contributed by atoms with E-state index in [1.165, 1.54) is 19.1 Å². The number of amides is 2. The molecule has 0 spiro atoms. The Morgan fingerprint density at radius 2 is 2.04 bits per heavy atom. The predicted molar refractivity (Wildman–Crippen MR) is 80.8 cm³/mol. The third-order valence-electron chi connectivity index (χ3n) is 3.44. The SMILES string of the molecule is COC(=O)NCCN1C(=O)COc2cc(C)c(C(=O)OC)cc21. The van der Waals surface area contributed by atoms with Crippen LogP contribution >= 0.6 is 0 Å². The molecule has 124 valence electrons. The number of carbonyl (C=O) groups excluding carboxylic acids is 3. The Labute approximate surface area is 133 Å². The molecule has 1 aliphatic rings. The second kappa shape index (κ2) is 6.99. The summed E-state index contributed by atoms with van der Waals surface area (Å²) in [4.78, 5) is 36.4. The first kappa shape index (κ1) is 16.6. The quantitative estimate of drug-likeness (QED) is 0.826. The third kappa shape index (κ3) is 3.53. The highest BCUT2D eigenvalue weighted by molar-refractivity contribution is 6.00. The summed E-state index contributed by atoms with van der Waals surface area (Å²) in [5.74, 6) is -0.243. The molecule has 0 unspecified atom stereocenters. The highest BCUT2D eigenvalue weighted by Crippen LogP contribution is 2.34. The summed E-state index contributed by atoms with van der Waals surface area (Å²) in [6.07, 6.45) is -0.579. The molecule has 0 saturated heterocycles. The Morgan fingerprint density at radius 3 is 2.70 bits per heavy atom. The van der Waals surface area contributed by atoms with Gasteiger partial charge >= 0.3 is 12.1 Å². The van der Waals surface area contributed by atoms with Crippen LogP contribution in [0.3, 0.4) is 0 Å².